The Balaban J connectivity index is 2.81. The Kier molecular flexibility index (Phi) is 3.20. The van der Waals surface area contributed by atoms with Crippen LogP contribution < -0.4 is 5.73 Å². The Morgan fingerprint density at radius 2 is 2.00 bits per heavy atom. The van der Waals surface area contributed by atoms with Crippen molar-refractivity contribution in [1.29, 1.82) is 0 Å². The first-order chi connectivity index (χ1) is 6.32. The summed E-state index contributed by atoms with van der Waals surface area (Å²) in [5.74, 6) is 0.639. The summed E-state index contributed by atoms with van der Waals surface area (Å²) in [6, 6.07) is 0. The summed E-state index contributed by atoms with van der Waals surface area (Å²) in [4.78, 5) is 0. The van der Waals surface area contributed by atoms with Crippen molar-refractivity contribution in [2.75, 3.05) is 0 Å². The van der Waals surface area contributed by atoms with Crippen LogP contribution in [0.15, 0.2) is 22.8 Å². The van der Waals surface area contributed by atoms with E-state index < -0.39 is 0 Å². The quantitative estimate of drug-likeness (QED) is 0.714. The zero-order valence-electron chi connectivity index (χ0n) is 10.1. The lowest BCUT2D eigenvalue weighted by Crippen LogP contribution is -2.32. The number of nitrogens with two attached hydrogens (primary N) is 1. The van der Waals surface area contributed by atoms with Gasteiger partial charge in [0, 0.05) is 5.54 Å². The van der Waals surface area contributed by atoms with Crippen molar-refractivity contribution in [3.8, 4) is 0 Å². The average molecular weight is 193 g/mol. The molecule has 1 aliphatic rings. The molecule has 0 radical (unpaired) electrons. The van der Waals surface area contributed by atoms with Gasteiger partial charge in [-0.05, 0) is 45.1 Å². The van der Waals surface area contributed by atoms with Crippen LogP contribution in [0.1, 0.15) is 47.5 Å². The van der Waals surface area contributed by atoms with Gasteiger partial charge in [0.2, 0.25) is 0 Å². The third-order valence-electron chi connectivity index (χ3n) is 3.12. The van der Waals surface area contributed by atoms with E-state index in [1.54, 1.807) is 0 Å². The predicted molar refractivity (Wildman–Crippen MR) is 63.1 cm³/mol. The molecule has 1 atom stereocenters. The average Bonchev–Trinajstić information content (AvgIpc) is 2.24. The number of hydrogen-bond donors (Lipinski definition) is 1. The molecule has 0 aromatic heterocycles. The fourth-order valence-electron chi connectivity index (χ4n) is 1.98. The lowest BCUT2D eigenvalue weighted by molar-refractivity contribution is 0.496. The van der Waals surface area contributed by atoms with Gasteiger partial charge in [0.15, 0.2) is 0 Å². The largest absolute Gasteiger partial charge is 0.325 e. The van der Waals surface area contributed by atoms with Crippen molar-refractivity contribution in [2.45, 2.75) is 53.0 Å². The van der Waals surface area contributed by atoms with Gasteiger partial charge in [-0.25, -0.2) is 0 Å². The highest BCUT2D eigenvalue weighted by Crippen LogP contribution is 2.34. The molecule has 0 saturated heterocycles. The Bertz CT molecular complexity index is 280. The third-order valence-corrected chi connectivity index (χ3v) is 3.12. The highest BCUT2D eigenvalue weighted by Gasteiger charge is 2.27. The fourth-order valence-corrected chi connectivity index (χ4v) is 1.98. The monoisotopic (exact) mass is 193 g/mol. The molecular formula is C13H23N. The summed E-state index contributed by atoms with van der Waals surface area (Å²) in [7, 11) is 0. The molecule has 0 amide bonds. The van der Waals surface area contributed by atoms with Crippen LogP contribution in [0.25, 0.3) is 0 Å². The Labute approximate surface area is 88.1 Å². The molecule has 14 heavy (non-hydrogen) atoms. The van der Waals surface area contributed by atoms with Crippen molar-refractivity contribution in [1.82, 2.24) is 0 Å². The summed E-state index contributed by atoms with van der Waals surface area (Å²) in [6.45, 7) is 11.0. The molecule has 2 N–H and O–H groups in total. The molecule has 1 rings (SSSR count). The maximum absolute atomic E-state index is 6.14. The van der Waals surface area contributed by atoms with E-state index in [2.05, 4.69) is 40.7 Å². The van der Waals surface area contributed by atoms with Gasteiger partial charge in [0.25, 0.3) is 0 Å². The van der Waals surface area contributed by atoms with Crippen molar-refractivity contribution < 1.29 is 0 Å². The maximum atomic E-state index is 6.14. The zero-order chi connectivity index (χ0) is 10.9. The van der Waals surface area contributed by atoms with Crippen LogP contribution in [-0.2, 0) is 0 Å². The number of hydrogen-bond acceptors (Lipinski definition) is 1. The minimum absolute atomic E-state index is 0.00677. The molecule has 0 bridgehead atoms. The minimum atomic E-state index is -0.00677. The normalized spacial score (nSPS) is 29.2. The molecule has 0 aromatic rings. The van der Waals surface area contributed by atoms with Crippen LogP contribution in [0.2, 0.25) is 0 Å². The molecule has 0 fully saturated rings. The smallest absolute Gasteiger partial charge is 0.0204 e. The Hall–Kier alpha value is -0.560. The molecule has 0 spiro atoms. The van der Waals surface area contributed by atoms with Crippen molar-refractivity contribution in [3.05, 3.63) is 22.8 Å². The van der Waals surface area contributed by atoms with E-state index >= 15 is 0 Å². The SMILES string of the molecule is CC1=C(/C=C(\C)C(C)C)CC(C)(N)C1. The summed E-state index contributed by atoms with van der Waals surface area (Å²) >= 11 is 0. The Morgan fingerprint density at radius 3 is 2.36 bits per heavy atom. The van der Waals surface area contributed by atoms with Crippen molar-refractivity contribution in [2.24, 2.45) is 11.7 Å². The van der Waals surface area contributed by atoms with Crippen LogP contribution in [0.4, 0.5) is 0 Å². The predicted octanol–water partition coefficient (Wildman–Crippen LogP) is 3.42. The van der Waals surface area contributed by atoms with E-state index in [0.717, 1.165) is 12.8 Å². The van der Waals surface area contributed by atoms with Crippen molar-refractivity contribution >= 4 is 0 Å². The molecule has 1 nitrogen and oxygen atoms in total. The maximum Gasteiger partial charge on any atom is 0.0204 e. The molecule has 0 heterocycles. The van der Waals surface area contributed by atoms with Gasteiger partial charge < -0.3 is 5.73 Å². The van der Waals surface area contributed by atoms with Gasteiger partial charge in [-0.3, -0.25) is 0 Å². The van der Waals surface area contributed by atoms with E-state index in [0.29, 0.717) is 5.92 Å². The van der Waals surface area contributed by atoms with Gasteiger partial charge in [0.1, 0.15) is 0 Å². The first-order valence-corrected chi connectivity index (χ1v) is 5.47. The fraction of sp³-hybridized carbons (Fsp3) is 0.692. The summed E-state index contributed by atoms with van der Waals surface area (Å²) in [5.41, 5.74) is 10.5. The van der Waals surface area contributed by atoms with Crippen LogP contribution in [-0.4, -0.2) is 5.54 Å². The van der Waals surface area contributed by atoms with Gasteiger partial charge in [-0.2, -0.15) is 0 Å². The summed E-state index contributed by atoms with van der Waals surface area (Å²) in [6.07, 6.45) is 4.41. The van der Waals surface area contributed by atoms with E-state index in [1.165, 1.54) is 16.7 Å². The molecular weight excluding hydrogens is 170 g/mol. The van der Waals surface area contributed by atoms with E-state index in [4.69, 9.17) is 5.73 Å². The number of rotatable bonds is 2. The first kappa shape index (κ1) is 11.5. The molecule has 0 aromatic carbocycles. The molecule has 0 aliphatic heterocycles. The topological polar surface area (TPSA) is 26.0 Å². The van der Waals surface area contributed by atoms with E-state index in [-0.39, 0.29) is 5.54 Å². The second-order valence-electron chi connectivity index (χ2n) is 5.36. The zero-order valence-corrected chi connectivity index (χ0v) is 10.1. The van der Waals surface area contributed by atoms with Gasteiger partial charge in [-0.15, -0.1) is 0 Å². The molecule has 80 valence electrons. The lowest BCUT2D eigenvalue weighted by Gasteiger charge is -2.17. The van der Waals surface area contributed by atoms with Crippen LogP contribution in [0, 0.1) is 5.92 Å². The van der Waals surface area contributed by atoms with Gasteiger partial charge in [-0.1, -0.05) is 31.1 Å². The summed E-state index contributed by atoms with van der Waals surface area (Å²) in [5, 5.41) is 0. The number of allylic oxidation sites excluding steroid dienone is 2. The third kappa shape index (κ3) is 2.71. The Morgan fingerprint density at radius 1 is 1.43 bits per heavy atom. The second kappa shape index (κ2) is 3.90. The first-order valence-electron chi connectivity index (χ1n) is 5.47. The molecule has 0 saturated carbocycles. The molecule has 1 aliphatic carbocycles. The second-order valence-corrected chi connectivity index (χ2v) is 5.36. The van der Waals surface area contributed by atoms with Crippen molar-refractivity contribution in [3.63, 3.8) is 0 Å². The van der Waals surface area contributed by atoms with E-state index in [9.17, 15) is 0 Å². The van der Waals surface area contributed by atoms with E-state index in [1.807, 2.05) is 0 Å². The van der Waals surface area contributed by atoms with Crippen LogP contribution >= 0.6 is 0 Å². The van der Waals surface area contributed by atoms with Gasteiger partial charge >= 0.3 is 0 Å². The minimum Gasteiger partial charge on any atom is -0.325 e. The van der Waals surface area contributed by atoms with Crippen LogP contribution in [0.5, 0.6) is 0 Å². The molecule has 1 unspecified atom stereocenters. The lowest BCUT2D eigenvalue weighted by atomic mass is 9.97. The summed E-state index contributed by atoms with van der Waals surface area (Å²) < 4.78 is 0. The van der Waals surface area contributed by atoms with Gasteiger partial charge in [0.05, 0.1) is 0 Å². The highest BCUT2D eigenvalue weighted by atomic mass is 14.7. The standard InChI is InChI=1S/C13H23N/c1-9(2)10(3)6-12-8-13(5,14)7-11(12)4/h6,9H,7-8,14H2,1-5H3/b10-6+. The molecule has 1 heteroatoms. The highest BCUT2D eigenvalue weighted by molar-refractivity contribution is 5.35. The van der Waals surface area contributed by atoms with Crippen LogP contribution in [0.3, 0.4) is 0 Å².